The van der Waals surface area contributed by atoms with Gasteiger partial charge in [-0.1, -0.05) is 23.7 Å². The average Bonchev–Trinajstić information content (AvgIpc) is 2.30. The number of carbonyl (C=O) groups is 2. The molecule has 17 heavy (non-hydrogen) atoms. The Morgan fingerprint density at radius 3 is 2.65 bits per heavy atom. The summed E-state index contributed by atoms with van der Waals surface area (Å²) in [6.07, 6.45) is 0. The van der Waals surface area contributed by atoms with Crippen LogP contribution in [0.15, 0.2) is 24.3 Å². The zero-order valence-corrected chi connectivity index (χ0v) is 9.99. The van der Waals surface area contributed by atoms with Gasteiger partial charge >= 0.3 is 5.97 Å². The maximum Gasteiger partial charge on any atom is 0.332 e. The first-order valence-corrected chi connectivity index (χ1v) is 5.20. The minimum Gasteiger partial charge on any atom is -0.454 e. The van der Waals surface area contributed by atoms with Crippen LogP contribution in [-0.2, 0) is 19.1 Å². The van der Waals surface area contributed by atoms with Crippen molar-refractivity contribution < 1.29 is 19.1 Å². The highest BCUT2D eigenvalue weighted by Gasteiger charge is 2.08. The van der Waals surface area contributed by atoms with Crippen LogP contribution in [0.2, 0.25) is 5.02 Å². The number of amides is 1. The molecule has 5 nitrogen and oxygen atoms in total. The first kappa shape index (κ1) is 13.5. The molecule has 0 fully saturated rings. The highest BCUT2D eigenvalue weighted by Crippen LogP contribution is 2.20. The normalized spacial score (nSPS) is 9.76. The van der Waals surface area contributed by atoms with Gasteiger partial charge in [0.1, 0.15) is 6.61 Å². The number of halogens is 1. The average molecular weight is 258 g/mol. The molecular weight excluding hydrogens is 246 g/mol. The third-order valence-electron chi connectivity index (χ3n) is 1.77. The lowest BCUT2D eigenvalue weighted by atomic mass is 10.3. The second-order valence-electron chi connectivity index (χ2n) is 3.12. The summed E-state index contributed by atoms with van der Waals surface area (Å²) in [5.41, 5.74) is 0.474. The lowest BCUT2D eigenvalue weighted by molar-refractivity contribution is -0.150. The summed E-state index contributed by atoms with van der Waals surface area (Å²) in [6, 6.07) is 6.78. The monoisotopic (exact) mass is 257 g/mol. The Morgan fingerprint density at radius 2 is 2.00 bits per heavy atom. The molecule has 0 spiro atoms. The molecule has 1 N–H and O–H groups in total. The maximum absolute atomic E-state index is 11.4. The number of carbonyl (C=O) groups excluding carboxylic acids is 2. The molecule has 1 rings (SSSR count). The number of esters is 1. The van der Waals surface area contributed by atoms with E-state index in [1.165, 1.54) is 7.11 Å². The predicted octanol–water partition coefficient (Wildman–Crippen LogP) is 1.47. The van der Waals surface area contributed by atoms with Crippen LogP contribution in [0.5, 0.6) is 0 Å². The van der Waals surface area contributed by atoms with Crippen LogP contribution in [0.3, 0.4) is 0 Å². The number of nitrogens with one attached hydrogen (secondary N) is 1. The van der Waals surface area contributed by atoms with E-state index in [0.717, 1.165) is 0 Å². The maximum atomic E-state index is 11.4. The number of hydrogen-bond donors (Lipinski definition) is 1. The van der Waals surface area contributed by atoms with Crippen LogP contribution < -0.4 is 5.32 Å². The van der Waals surface area contributed by atoms with Crippen LogP contribution in [0, 0.1) is 0 Å². The van der Waals surface area contributed by atoms with Crippen LogP contribution >= 0.6 is 11.6 Å². The molecule has 0 radical (unpaired) electrons. The Kier molecular flexibility index (Phi) is 5.45. The zero-order chi connectivity index (χ0) is 12.7. The summed E-state index contributed by atoms with van der Waals surface area (Å²) in [4.78, 5) is 22.3. The lowest BCUT2D eigenvalue weighted by Crippen LogP contribution is -2.22. The Bertz CT molecular complexity index is 408. The lowest BCUT2D eigenvalue weighted by Gasteiger charge is -2.07. The second-order valence-corrected chi connectivity index (χ2v) is 3.53. The van der Waals surface area contributed by atoms with Gasteiger partial charge in [-0.3, -0.25) is 4.79 Å². The number of methoxy groups -OCH3 is 1. The SMILES string of the molecule is COCC(=O)OCC(=O)Nc1ccccc1Cl. The Morgan fingerprint density at radius 1 is 1.29 bits per heavy atom. The highest BCUT2D eigenvalue weighted by molar-refractivity contribution is 6.33. The molecule has 0 bridgehead atoms. The molecule has 0 aliphatic carbocycles. The van der Waals surface area contributed by atoms with E-state index in [-0.39, 0.29) is 13.2 Å². The van der Waals surface area contributed by atoms with E-state index in [1.807, 2.05) is 0 Å². The van der Waals surface area contributed by atoms with E-state index >= 15 is 0 Å². The van der Waals surface area contributed by atoms with E-state index in [9.17, 15) is 9.59 Å². The summed E-state index contributed by atoms with van der Waals surface area (Å²) in [7, 11) is 1.37. The molecule has 0 aliphatic rings. The Labute approximate surface area is 104 Å². The number of para-hydroxylation sites is 1. The molecule has 1 aromatic rings. The number of rotatable bonds is 5. The van der Waals surface area contributed by atoms with Crippen molar-refractivity contribution in [3.05, 3.63) is 29.3 Å². The van der Waals surface area contributed by atoms with Gasteiger partial charge in [0.05, 0.1) is 10.7 Å². The quantitative estimate of drug-likeness (QED) is 0.812. The van der Waals surface area contributed by atoms with Crippen molar-refractivity contribution in [3.63, 3.8) is 0 Å². The summed E-state index contributed by atoms with van der Waals surface area (Å²) in [5, 5.41) is 2.94. The highest BCUT2D eigenvalue weighted by atomic mass is 35.5. The fourth-order valence-electron chi connectivity index (χ4n) is 1.05. The van der Waals surface area contributed by atoms with Crippen molar-refractivity contribution in [2.24, 2.45) is 0 Å². The van der Waals surface area contributed by atoms with Crippen molar-refractivity contribution in [2.45, 2.75) is 0 Å². The van der Waals surface area contributed by atoms with Crippen molar-refractivity contribution in [1.82, 2.24) is 0 Å². The molecule has 0 saturated heterocycles. The fourth-order valence-corrected chi connectivity index (χ4v) is 1.24. The van der Waals surface area contributed by atoms with Gasteiger partial charge in [0.15, 0.2) is 6.61 Å². The molecule has 0 heterocycles. The van der Waals surface area contributed by atoms with Gasteiger partial charge in [0.25, 0.3) is 5.91 Å². The van der Waals surface area contributed by atoms with Crippen molar-refractivity contribution in [1.29, 1.82) is 0 Å². The summed E-state index contributed by atoms with van der Waals surface area (Å²) in [5.74, 6) is -1.05. The van der Waals surface area contributed by atoms with Gasteiger partial charge in [-0.25, -0.2) is 4.79 Å². The van der Waals surface area contributed by atoms with Crippen molar-refractivity contribution in [3.8, 4) is 0 Å². The third-order valence-corrected chi connectivity index (χ3v) is 2.10. The summed E-state index contributed by atoms with van der Waals surface area (Å²) >= 11 is 5.84. The van der Waals surface area contributed by atoms with E-state index in [2.05, 4.69) is 14.8 Å². The number of benzene rings is 1. The fraction of sp³-hybridized carbons (Fsp3) is 0.273. The van der Waals surface area contributed by atoms with E-state index in [1.54, 1.807) is 24.3 Å². The molecule has 0 atom stereocenters. The van der Waals surface area contributed by atoms with Crippen molar-refractivity contribution in [2.75, 3.05) is 25.6 Å². The first-order valence-electron chi connectivity index (χ1n) is 4.82. The van der Waals surface area contributed by atoms with E-state index in [0.29, 0.717) is 10.7 Å². The minimum absolute atomic E-state index is 0.181. The van der Waals surface area contributed by atoms with E-state index < -0.39 is 11.9 Å². The zero-order valence-electron chi connectivity index (χ0n) is 9.23. The third kappa shape index (κ3) is 4.84. The molecular formula is C11H12ClNO4. The van der Waals surface area contributed by atoms with Crippen LogP contribution in [0.1, 0.15) is 0 Å². The molecule has 0 unspecified atom stereocenters. The summed E-state index contributed by atoms with van der Waals surface area (Å²) in [6.45, 7) is -0.549. The van der Waals surface area contributed by atoms with E-state index in [4.69, 9.17) is 11.6 Å². The topological polar surface area (TPSA) is 64.6 Å². The Hall–Kier alpha value is -1.59. The first-order chi connectivity index (χ1) is 8.13. The van der Waals surface area contributed by atoms with Crippen LogP contribution in [-0.4, -0.2) is 32.2 Å². The molecule has 1 aromatic carbocycles. The second kappa shape index (κ2) is 6.88. The van der Waals surface area contributed by atoms with Gasteiger partial charge < -0.3 is 14.8 Å². The van der Waals surface area contributed by atoms with Crippen LogP contribution in [0.25, 0.3) is 0 Å². The van der Waals surface area contributed by atoms with Crippen molar-refractivity contribution >= 4 is 29.2 Å². The predicted molar refractivity (Wildman–Crippen MR) is 62.9 cm³/mol. The Balaban J connectivity index is 2.40. The number of hydrogen-bond acceptors (Lipinski definition) is 4. The largest absolute Gasteiger partial charge is 0.454 e. The van der Waals surface area contributed by atoms with Gasteiger partial charge in [-0.05, 0) is 12.1 Å². The van der Waals surface area contributed by atoms with Crippen LogP contribution in [0.4, 0.5) is 5.69 Å². The molecule has 0 aliphatic heterocycles. The molecule has 0 aromatic heterocycles. The molecule has 92 valence electrons. The molecule has 6 heteroatoms. The standard InChI is InChI=1S/C11H12ClNO4/c1-16-7-11(15)17-6-10(14)13-9-5-3-2-4-8(9)12/h2-5H,6-7H2,1H3,(H,13,14). The van der Waals surface area contributed by atoms with Gasteiger partial charge in [0, 0.05) is 7.11 Å². The smallest absolute Gasteiger partial charge is 0.332 e. The number of ether oxygens (including phenoxy) is 2. The minimum atomic E-state index is -0.596. The molecule has 1 amide bonds. The van der Waals surface area contributed by atoms with Gasteiger partial charge in [-0.15, -0.1) is 0 Å². The molecule has 0 saturated carbocycles. The van der Waals surface area contributed by atoms with Gasteiger partial charge in [0.2, 0.25) is 0 Å². The number of anilines is 1. The van der Waals surface area contributed by atoms with Gasteiger partial charge in [-0.2, -0.15) is 0 Å². The summed E-state index contributed by atoms with van der Waals surface area (Å²) < 4.78 is 9.18.